The standard InChI is InChI=1S/C12H9Cl2NO4S2/c13-9-6-7-12(11(14)8-9)21(18,19)15-20(16,17)10-4-2-1-3-5-10/h1-8,15H. The molecule has 0 aliphatic heterocycles. The van der Waals surface area contributed by atoms with Crippen LogP contribution < -0.4 is 4.13 Å². The molecule has 2 rings (SSSR count). The fourth-order valence-electron chi connectivity index (χ4n) is 1.53. The minimum absolute atomic E-state index is 0.168. The summed E-state index contributed by atoms with van der Waals surface area (Å²) >= 11 is 11.5. The zero-order valence-electron chi connectivity index (χ0n) is 10.3. The summed E-state index contributed by atoms with van der Waals surface area (Å²) in [6.07, 6.45) is 0. The van der Waals surface area contributed by atoms with Gasteiger partial charge in [0.05, 0.1) is 9.92 Å². The van der Waals surface area contributed by atoms with Crippen LogP contribution in [0.5, 0.6) is 0 Å². The number of rotatable bonds is 4. The van der Waals surface area contributed by atoms with Crippen molar-refractivity contribution in [3.05, 3.63) is 58.6 Å². The summed E-state index contributed by atoms with van der Waals surface area (Å²) < 4.78 is 50.0. The van der Waals surface area contributed by atoms with Crippen molar-refractivity contribution in [2.24, 2.45) is 0 Å². The van der Waals surface area contributed by atoms with Gasteiger partial charge >= 0.3 is 0 Å². The molecule has 5 nitrogen and oxygen atoms in total. The van der Waals surface area contributed by atoms with Crippen LogP contribution in [0.25, 0.3) is 0 Å². The zero-order valence-corrected chi connectivity index (χ0v) is 13.5. The van der Waals surface area contributed by atoms with Gasteiger partial charge in [0.25, 0.3) is 20.0 Å². The highest BCUT2D eigenvalue weighted by atomic mass is 35.5. The Kier molecular flexibility index (Phi) is 4.60. The van der Waals surface area contributed by atoms with E-state index in [1.165, 1.54) is 36.4 Å². The third-order valence-corrected chi connectivity index (χ3v) is 6.70. The Balaban J connectivity index is 2.42. The molecule has 0 unspecified atom stereocenters. The Bertz CT molecular complexity index is 865. The molecule has 21 heavy (non-hydrogen) atoms. The lowest BCUT2D eigenvalue weighted by Gasteiger charge is -2.09. The normalized spacial score (nSPS) is 12.3. The molecule has 0 bridgehead atoms. The molecular formula is C12H9Cl2NO4S2. The number of sulfonamides is 2. The highest BCUT2D eigenvalue weighted by Crippen LogP contribution is 2.25. The first-order valence-electron chi connectivity index (χ1n) is 5.51. The van der Waals surface area contributed by atoms with Crippen LogP contribution in [0.1, 0.15) is 0 Å². The monoisotopic (exact) mass is 365 g/mol. The SMILES string of the molecule is O=S(=O)(NS(=O)(=O)c1ccc(Cl)cc1Cl)c1ccccc1. The second-order valence-corrected chi connectivity index (χ2v) is 8.41. The van der Waals surface area contributed by atoms with Gasteiger partial charge in [0, 0.05) is 5.02 Å². The molecule has 0 amide bonds. The molecule has 0 radical (unpaired) electrons. The van der Waals surface area contributed by atoms with Crippen LogP contribution in [0.4, 0.5) is 0 Å². The van der Waals surface area contributed by atoms with Gasteiger partial charge in [0.2, 0.25) is 0 Å². The van der Waals surface area contributed by atoms with E-state index in [1.54, 1.807) is 10.2 Å². The molecule has 0 fully saturated rings. The minimum Gasteiger partial charge on any atom is -0.206 e. The van der Waals surface area contributed by atoms with E-state index in [0.717, 1.165) is 6.07 Å². The van der Waals surface area contributed by atoms with Gasteiger partial charge in [-0.25, -0.2) is 16.8 Å². The summed E-state index contributed by atoms with van der Waals surface area (Å²) in [7, 11) is -8.56. The highest BCUT2D eigenvalue weighted by molar-refractivity contribution is 8.04. The fourth-order valence-corrected chi connectivity index (χ4v) is 5.22. The Morgan fingerprint density at radius 1 is 0.810 bits per heavy atom. The van der Waals surface area contributed by atoms with Gasteiger partial charge in [-0.1, -0.05) is 41.4 Å². The van der Waals surface area contributed by atoms with Gasteiger partial charge in [-0.2, -0.15) is 0 Å². The van der Waals surface area contributed by atoms with E-state index in [4.69, 9.17) is 23.2 Å². The van der Waals surface area contributed by atoms with Crippen molar-refractivity contribution >= 4 is 43.2 Å². The molecule has 0 aromatic heterocycles. The number of hydrogen-bond donors (Lipinski definition) is 1. The lowest BCUT2D eigenvalue weighted by Crippen LogP contribution is -2.30. The van der Waals surface area contributed by atoms with E-state index < -0.39 is 20.0 Å². The van der Waals surface area contributed by atoms with Crippen molar-refractivity contribution in [3.8, 4) is 0 Å². The summed E-state index contributed by atoms with van der Waals surface area (Å²) in [5.74, 6) is 0. The first-order valence-corrected chi connectivity index (χ1v) is 9.23. The Morgan fingerprint density at radius 3 is 2.00 bits per heavy atom. The van der Waals surface area contributed by atoms with Crippen molar-refractivity contribution in [2.75, 3.05) is 0 Å². The maximum Gasteiger partial charge on any atom is 0.255 e. The van der Waals surface area contributed by atoms with Gasteiger partial charge in [0.15, 0.2) is 0 Å². The van der Waals surface area contributed by atoms with Crippen LogP contribution in [0.3, 0.4) is 0 Å². The minimum atomic E-state index is -4.34. The van der Waals surface area contributed by atoms with Crippen molar-refractivity contribution < 1.29 is 16.8 Å². The van der Waals surface area contributed by atoms with E-state index in [-0.39, 0.29) is 19.8 Å². The molecule has 0 saturated carbocycles. The van der Waals surface area contributed by atoms with Gasteiger partial charge in [-0.3, -0.25) is 0 Å². The van der Waals surface area contributed by atoms with Crippen molar-refractivity contribution in [1.82, 2.24) is 4.13 Å². The zero-order chi connectivity index (χ0) is 15.7. The molecule has 9 heteroatoms. The van der Waals surface area contributed by atoms with Gasteiger partial charge in [-0.05, 0) is 30.3 Å². The average molecular weight is 366 g/mol. The largest absolute Gasteiger partial charge is 0.255 e. The number of halogens is 2. The summed E-state index contributed by atoms with van der Waals surface area (Å²) in [6, 6.07) is 10.8. The average Bonchev–Trinajstić information content (AvgIpc) is 2.38. The molecule has 0 spiro atoms. The molecule has 2 aromatic rings. The highest BCUT2D eigenvalue weighted by Gasteiger charge is 2.26. The van der Waals surface area contributed by atoms with Crippen LogP contribution in [0, 0.1) is 0 Å². The number of nitrogens with one attached hydrogen (secondary N) is 1. The van der Waals surface area contributed by atoms with E-state index in [0.29, 0.717) is 0 Å². The van der Waals surface area contributed by atoms with Crippen LogP contribution in [-0.4, -0.2) is 16.8 Å². The summed E-state index contributed by atoms with van der Waals surface area (Å²) in [6.45, 7) is 0. The molecule has 1 N–H and O–H groups in total. The summed E-state index contributed by atoms with van der Waals surface area (Å²) in [5.41, 5.74) is 0. The topological polar surface area (TPSA) is 80.3 Å². The first kappa shape index (κ1) is 16.3. The Hall–Kier alpha value is -1.12. The van der Waals surface area contributed by atoms with Crippen molar-refractivity contribution in [3.63, 3.8) is 0 Å². The van der Waals surface area contributed by atoms with Crippen LogP contribution in [0.2, 0.25) is 10.0 Å². The lowest BCUT2D eigenvalue weighted by atomic mass is 10.4. The predicted octanol–water partition coefficient (Wildman–Crippen LogP) is 2.66. The third kappa shape index (κ3) is 3.75. The molecule has 0 saturated heterocycles. The van der Waals surface area contributed by atoms with Crippen molar-refractivity contribution in [2.45, 2.75) is 9.79 Å². The molecule has 112 valence electrons. The van der Waals surface area contributed by atoms with E-state index in [2.05, 4.69) is 0 Å². The van der Waals surface area contributed by atoms with Gasteiger partial charge in [-0.15, -0.1) is 4.13 Å². The number of benzene rings is 2. The van der Waals surface area contributed by atoms with Crippen LogP contribution >= 0.6 is 23.2 Å². The Labute approximate surface area is 132 Å². The fraction of sp³-hybridized carbons (Fsp3) is 0. The van der Waals surface area contributed by atoms with E-state index >= 15 is 0 Å². The van der Waals surface area contributed by atoms with E-state index in [9.17, 15) is 16.8 Å². The maximum absolute atomic E-state index is 12.1. The van der Waals surface area contributed by atoms with Crippen LogP contribution in [0.15, 0.2) is 58.3 Å². The van der Waals surface area contributed by atoms with Crippen LogP contribution in [-0.2, 0) is 20.0 Å². The smallest absolute Gasteiger partial charge is 0.206 e. The third-order valence-electron chi connectivity index (χ3n) is 2.46. The molecule has 0 aliphatic carbocycles. The lowest BCUT2D eigenvalue weighted by molar-refractivity contribution is 0.577. The summed E-state index contributed by atoms with van der Waals surface area (Å²) in [4.78, 5) is -0.535. The maximum atomic E-state index is 12.1. The molecular weight excluding hydrogens is 357 g/mol. The molecule has 0 aliphatic rings. The quantitative estimate of drug-likeness (QED) is 0.902. The van der Waals surface area contributed by atoms with Gasteiger partial charge in [0.1, 0.15) is 4.90 Å². The van der Waals surface area contributed by atoms with Gasteiger partial charge < -0.3 is 0 Å². The van der Waals surface area contributed by atoms with E-state index in [1.807, 2.05) is 0 Å². The molecule has 0 atom stereocenters. The molecule has 2 aromatic carbocycles. The first-order chi connectivity index (χ1) is 9.72. The Morgan fingerprint density at radius 2 is 1.43 bits per heavy atom. The molecule has 0 heterocycles. The second kappa shape index (κ2) is 5.94. The second-order valence-electron chi connectivity index (χ2n) is 3.98. The van der Waals surface area contributed by atoms with Crippen molar-refractivity contribution in [1.29, 1.82) is 0 Å². The number of hydrogen-bond acceptors (Lipinski definition) is 4. The predicted molar refractivity (Wildman–Crippen MR) is 80.4 cm³/mol. The summed E-state index contributed by atoms with van der Waals surface area (Å²) in [5, 5.41) is 0.0723.